The Hall–Kier alpha value is 0.543. The van der Waals surface area contributed by atoms with Gasteiger partial charge in [0.1, 0.15) is 17.2 Å². The van der Waals surface area contributed by atoms with Crippen LogP contribution in [0.5, 0.6) is 17.2 Å². The number of rotatable bonds is 6. The number of carbonyl (C=O) groups is 1. The number of hydrogen-bond donors (Lipinski definition) is 2. The third-order valence-corrected chi connectivity index (χ3v) is 7.85. The molecule has 0 aromatic heterocycles. The third kappa shape index (κ3) is 6.06. The Balaban J connectivity index is 0.00000288. The fourth-order valence-electron chi connectivity index (χ4n) is 1.80. The monoisotopic (exact) mass is 860 g/mol. The fourth-order valence-corrected chi connectivity index (χ4v) is 3.00. The number of ether oxygens (including phenoxy) is 1. The molecule has 0 spiro atoms. The molecule has 0 aliphatic heterocycles. The van der Waals surface area contributed by atoms with E-state index in [9.17, 15) is 15.0 Å². The molecule has 5 nitrogen and oxygen atoms in total. The summed E-state index contributed by atoms with van der Waals surface area (Å²) in [6, 6.07) is 13.7. The van der Waals surface area contributed by atoms with Crippen LogP contribution < -0.4 is 4.74 Å². The summed E-state index contributed by atoms with van der Waals surface area (Å²) in [5.74, 6) is 0.567. The minimum Gasteiger partial charge on any atom is -0.508 e. The van der Waals surface area contributed by atoms with Gasteiger partial charge in [0, 0.05) is 78.4 Å². The molecular formula is C15H12BiI3NO4. The number of alkyl halides is 1. The van der Waals surface area contributed by atoms with Crippen LogP contribution in [0.15, 0.2) is 48.5 Å². The van der Waals surface area contributed by atoms with Gasteiger partial charge in [-0.1, -0.05) is 12.1 Å². The molecule has 2 aromatic rings. The zero-order valence-corrected chi connectivity index (χ0v) is 22.0. The van der Waals surface area contributed by atoms with E-state index in [0.717, 1.165) is 5.56 Å². The first-order valence-electron chi connectivity index (χ1n) is 6.41. The smallest absolute Gasteiger partial charge is 0.336 e. The van der Waals surface area contributed by atoms with Crippen molar-refractivity contribution in [3.05, 3.63) is 54.1 Å². The Kier molecular flexibility index (Phi) is 9.44. The molecule has 9 heteroatoms. The molecule has 0 aliphatic rings. The van der Waals surface area contributed by atoms with Crippen molar-refractivity contribution in [1.29, 1.82) is 0 Å². The summed E-state index contributed by atoms with van der Waals surface area (Å²) < 4.78 is 6.29. The van der Waals surface area contributed by atoms with Gasteiger partial charge in [0.15, 0.2) is 3.55 Å². The first-order chi connectivity index (χ1) is 10.8. The Bertz CT molecular complexity index is 682. The molecule has 2 aromatic carbocycles. The molecule has 3 radical (unpaired) electrons. The molecule has 2 rings (SSSR count). The van der Waals surface area contributed by atoms with Gasteiger partial charge in [0.25, 0.3) is 0 Å². The second kappa shape index (κ2) is 10.0. The molecule has 2 N–H and O–H groups in total. The van der Waals surface area contributed by atoms with Crippen LogP contribution in [-0.2, 0) is 11.2 Å². The number of carboxylic acids is 1. The van der Waals surface area contributed by atoms with Crippen molar-refractivity contribution in [3.63, 3.8) is 0 Å². The minimum atomic E-state index is -1.02. The van der Waals surface area contributed by atoms with Crippen LogP contribution in [0.25, 0.3) is 0 Å². The largest absolute Gasteiger partial charge is 0.508 e. The summed E-state index contributed by atoms with van der Waals surface area (Å²) in [6.07, 6.45) is 0.369. The van der Waals surface area contributed by atoms with Gasteiger partial charge in [-0.2, -0.15) is 1.33 Å². The number of benzene rings is 2. The predicted octanol–water partition coefficient (Wildman–Crippen LogP) is 4.56. The normalized spacial score (nSPS) is 13.0. The maximum atomic E-state index is 11.5. The van der Waals surface area contributed by atoms with E-state index in [1.165, 1.54) is 0 Å². The number of nitrogens with zero attached hydrogens (tertiary/aromatic N) is 1. The minimum absolute atomic E-state index is 0. The topological polar surface area (TPSA) is 70.0 Å². The molecule has 127 valence electrons. The van der Waals surface area contributed by atoms with E-state index < -0.39 is 9.51 Å². The Morgan fingerprint density at radius 1 is 1.04 bits per heavy atom. The molecule has 0 amide bonds. The molecule has 0 unspecified atom stereocenters. The standard InChI is InChI=1S/C15H12I3NO4.Bi/c16-15(14(21)22,19(17)18)9-10-1-5-12(6-2-10)23-13-7-3-11(20)4-8-13;/h1-8,20H,9H2,(H,21,22);/t15-;/m0./s1. The van der Waals surface area contributed by atoms with Crippen molar-refractivity contribution in [1.82, 2.24) is 1.33 Å². The van der Waals surface area contributed by atoms with E-state index in [0.29, 0.717) is 17.9 Å². The molecule has 24 heavy (non-hydrogen) atoms. The number of phenols is 1. The van der Waals surface area contributed by atoms with Crippen molar-refractivity contribution in [3.8, 4) is 17.2 Å². The summed E-state index contributed by atoms with van der Waals surface area (Å²) >= 11 is 5.89. The number of carboxylic acid groups (broad SMARTS) is 1. The van der Waals surface area contributed by atoms with Gasteiger partial charge in [-0.15, -0.1) is 0 Å². The molecule has 0 fully saturated rings. The van der Waals surface area contributed by atoms with Crippen molar-refractivity contribution in [2.75, 3.05) is 0 Å². The summed E-state index contributed by atoms with van der Waals surface area (Å²) in [7, 11) is 0. The van der Waals surface area contributed by atoms with Crippen LogP contribution in [0, 0.1) is 0 Å². The molecule has 1 atom stereocenters. The van der Waals surface area contributed by atoms with Crippen LogP contribution in [0.2, 0.25) is 0 Å². The molecule has 0 aliphatic carbocycles. The van der Waals surface area contributed by atoms with Crippen molar-refractivity contribution < 1.29 is 19.7 Å². The quantitative estimate of drug-likeness (QED) is 0.147. The van der Waals surface area contributed by atoms with Gasteiger partial charge in [0.05, 0.1) is 0 Å². The van der Waals surface area contributed by atoms with Gasteiger partial charge >= 0.3 is 5.97 Å². The van der Waals surface area contributed by atoms with E-state index in [2.05, 4.69) is 0 Å². The summed E-state index contributed by atoms with van der Waals surface area (Å²) in [6.45, 7) is 0. The van der Waals surface area contributed by atoms with Gasteiger partial charge in [-0.05, 0) is 64.6 Å². The molecule has 0 bridgehead atoms. The maximum Gasteiger partial charge on any atom is 0.336 e. The van der Waals surface area contributed by atoms with Gasteiger partial charge in [-0.3, -0.25) is 0 Å². The Labute approximate surface area is 200 Å². The van der Waals surface area contributed by atoms with Crippen molar-refractivity contribution in [2.45, 2.75) is 9.97 Å². The average Bonchev–Trinajstić information content (AvgIpc) is 2.51. The van der Waals surface area contributed by atoms with Gasteiger partial charge in [-0.25, -0.2) is 4.79 Å². The zero-order chi connectivity index (χ0) is 17.0. The van der Waals surface area contributed by atoms with Gasteiger partial charge in [0.2, 0.25) is 0 Å². The Morgan fingerprint density at radius 3 is 1.92 bits per heavy atom. The van der Waals surface area contributed by atoms with E-state index in [4.69, 9.17) is 4.74 Å². The zero-order valence-electron chi connectivity index (χ0n) is 12.1. The van der Waals surface area contributed by atoms with Crippen LogP contribution in [0.1, 0.15) is 5.56 Å². The van der Waals surface area contributed by atoms with Crippen molar-refractivity contribution in [2.24, 2.45) is 0 Å². The number of phenolic OH excluding ortho intramolecular Hbond substituents is 1. The number of aromatic hydroxyl groups is 1. The Morgan fingerprint density at radius 2 is 1.50 bits per heavy atom. The number of hydrogen-bond acceptors (Lipinski definition) is 4. The van der Waals surface area contributed by atoms with E-state index in [1.807, 2.05) is 80.5 Å². The van der Waals surface area contributed by atoms with E-state index in [1.54, 1.807) is 37.7 Å². The fraction of sp³-hybridized carbons (Fsp3) is 0.133. The van der Waals surface area contributed by atoms with Crippen molar-refractivity contribution >= 4 is 100 Å². The average molecular weight is 860 g/mol. The summed E-state index contributed by atoms with van der Waals surface area (Å²) in [4.78, 5) is 11.5. The van der Waals surface area contributed by atoms with Crippen LogP contribution in [-0.4, -0.2) is 47.3 Å². The predicted molar refractivity (Wildman–Crippen MR) is 118 cm³/mol. The number of aliphatic carboxylic acids is 1. The van der Waals surface area contributed by atoms with E-state index in [-0.39, 0.29) is 32.0 Å². The summed E-state index contributed by atoms with van der Waals surface area (Å²) in [5.41, 5.74) is 0.901. The second-order valence-electron chi connectivity index (χ2n) is 4.71. The summed E-state index contributed by atoms with van der Waals surface area (Å²) in [5, 5.41) is 18.7. The molecule has 0 heterocycles. The van der Waals surface area contributed by atoms with E-state index >= 15 is 0 Å². The second-order valence-corrected chi connectivity index (χ2v) is 10.3. The first-order valence-corrected chi connectivity index (χ1v) is 9.42. The number of halogens is 3. The van der Waals surface area contributed by atoms with Crippen LogP contribution >= 0.6 is 68.3 Å². The van der Waals surface area contributed by atoms with Gasteiger partial charge < -0.3 is 14.9 Å². The van der Waals surface area contributed by atoms with Crippen LogP contribution in [0.3, 0.4) is 0 Å². The SMILES string of the molecule is O=C(O)[C@](I)(Cc1ccc(Oc2ccc(O)cc2)cc1)N(I)I.[Bi]. The first kappa shape index (κ1) is 22.6. The molecule has 0 saturated heterocycles. The third-order valence-electron chi connectivity index (χ3n) is 3.03. The maximum absolute atomic E-state index is 11.5. The molecular weight excluding hydrogens is 848 g/mol. The van der Waals surface area contributed by atoms with Crippen LogP contribution in [0.4, 0.5) is 0 Å². The molecule has 0 saturated carbocycles.